The van der Waals surface area contributed by atoms with E-state index in [1.165, 1.54) is 19.3 Å². The fraction of sp³-hybridized carbons (Fsp3) is 0.364. The molecule has 1 aliphatic carbocycles. The highest BCUT2D eigenvalue weighted by Gasteiger charge is 2.25. The van der Waals surface area contributed by atoms with E-state index in [0.717, 1.165) is 16.7 Å². The van der Waals surface area contributed by atoms with Crippen LogP contribution in [0.25, 0.3) is 10.9 Å². The van der Waals surface area contributed by atoms with Gasteiger partial charge in [-0.05, 0) is 31.0 Å². The van der Waals surface area contributed by atoms with E-state index in [1.807, 2.05) is 0 Å². The Bertz CT molecular complexity index is 471. The van der Waals surface area contributed by atoms with Gasteiger partial charge >= 0.3 is 0 Å². The molecule has 0 bridgehead atoms. The largest absolute Gasteiger partial charge is 0.508 e. The SMILES string of the molecule is Oc1ccc2noc(C3CCC3)c2c1. The number of rotatable bonds is 1. The van der Waals surface area contributed by atoms with E-state index in [2.05, 4.69) is 5.16 Å². The maximum atomic E-state index is 9.38. The molecule has 0 spiro atoms. The Morgan fingerprint density at radius 2 is 2.21 bits per heavy atom. The van der Waals surface area contributed by atoms with Crippen LogP contribution in [-0.4, -0.2) is 10.3 Å². The molecule has 72 valence electrons. The van der Waals surface area contributed by atoms with Gasteiger partial charge in [-0.15, -0.1) is 0 Å². The first-order chi connectivity index (χ1) is 6.84. The Morgan fingerprint density at radius 3 is 2.93 bits per heavy atom. The molecule has 1 saturated carbocycles. The first-order valence-electron chi connectivity index (χ1n) is 4.93. The van der Waals surface area contributed by atoms with E-state index < -0.39 is 0 Å². The quantitative estimate of drug-likeness (QED) is 0.750. The zero-order valence-corrected chi connectivity index (χ0v) is 7.73. The van der Waals surface area contributed by atoms with E-state index in [9.17, 15) is 5.11 Å². The lowest BCUT2D eigenvalue weighted by Gasteiger charge is -2.22. The second-order valence-corrected chi connectivity index (χ2v) is 3.88. The Kier molecular flexibility index (Phi) is 1.54. The molecule has 0 unspecified atom stereocenters. The van der Waals surface area contributed by atoms with Crippen molar-refractivity contribution >= 4 is 10.9 Å². The Balaban J connectivity index is 2.18. The van der Waals surface area contributed by atoms with E-state index in [4.69, 9.17) is 4.52 Å². The van der Waals surface area contributed by atoms with Crippen LogP contribution in [-0.2, 0) is 0 Å². The predicted molar refractivity (Wildman–Crippen MR) is 52.3 cm³/mol. The van der Waals surface area contributed by atoms with Crippen molar-refractivity contribution in [2.24, 2.45) is 0 Å². The minimum absolute atomic E-state index is 0.279. The molecule has 1 fully saturated rings. The van der Waals surface area contributed by atoms with Crippen LogP contribution in [0.1, 0.15) is 30.9 Å². The van der Waals surface area contributed by atoms with Crippen LogP contribution in [0.2, 0.25) is 0 Å². The Morgan fingerprint density at radius 1 is 1.36 bits per heavy atom. The monoisotopic (exact) mass is 189 g/mol. The Labute approximate surface area is 81.3 Å². The lowest BCUT2D eigenvalue weighted by atomic mass is 9.82. The van der Waals surface area contributed by atoms with Crippen LogP contribution in [0.5, 0.6) is 5.75 Å². The zero-order chi connectivity index (χ0) is 9.54. The van der Waals surface area contributed by atoms with Gasteiger partial charge in [-0.25, -0.2) is 0 Å². The van der Waals surface area contributed by atoms with Gasteiger partial charge in [0.25, 0.3) is 0 Å². The van der Waals surface area contributed by atoms with Crippen molar-refractivity contribution in [2.75, 3.05) is 0 Å². The third-order valence-electron chi connectivity index (χ3n) is 2.96. The number of hydrogen-bond acceptors (Lipinski definition) is 3. The second kappa shape index (κ2) is 2.74. The van der Waals surface area contributed by atoms with Gasteiger partial charge in [-0.3, -0.25) is 0 Å². The number of aromatic hydroxyl groups is 1. The van der Waals surface area contributed by atoms with Crippen molar-refractivity contribution in [3.05, 3.63) is 24.0 Å². The van der Waals surface area contributed by atoms with Gasteiger partial charge in [0.15, 0.2) is 0 Å². The van der Waals surface area contributed by atoms with Gasteiger partial charge in [-0.2, -0.15) is 0 Å². The second-order valence-electron chi connectivity index (χ2n) is 3.88. The number of phenolic OH excluding ortho intramolecular Hbond substituents is 1. The number of hydrogen-bond donors (Lipinski definition) is 1. The highest BCUT2D eigenvalue weighted by molar-refractivity contribution is 5.82. The van der Waals surface area contributed by atoms with Gasteiger partial charge in [0.2, 0.25) is 0 Å². The molecule has 1 N–H and O–H groups in total. The number of phenols is 1. The fourth-order valence-electron chi connectivity index (χ4n) is 1.91. The first kappa shape index (κ1) is 7.85. The molecule has 1 heterocycles. The van der Waals surface area contributed by atoms with Gasteiger partial charge in [-0.1, -0.05) is 11.6 Å². The number of aromatic nitrogens is 1. The highest BCUT2D eigenvalue weighted by Crippen LogP contribution is 2.40. The van der Waals surface area contributed by atoms with E-state index in [1.54, 1.807) is 18.2 Å². The number of benzene rings is 1. The molecule has 0 amide bonds. The molecular formula is C11H11NO2. The summed E-state index contributed by atoms with van der Waals surface area (Å²) in [6.45, 7) is 0. The lowest BCUT2D eigenvalue weighted by molar-refractivity contribution is 0.305. The molecule has 1 aromatic heterocycles. The van der Waals surface area contributed by atoms with Gasteiger partial charge in [0, 0.05) is 11.3 Å². The van der Waals surface area contributed by atoms with Gasteiger partial charge in [0.05, 0.1) is 0 Å². The molecule has 0 aliphatic heterocycles. The smallest absolute Gasteiger partial charge is 0.147 e. The van der Waals surface area contributed by atoms with Crippen molar-refractivity contribution in [2.45, 2.75) is 25.2 Å². The molecule has 0 radical (unpaired) electrons. The molecule has 2 aromatic rings. The summed E-state index contributed by atoms with van der Waals surface area (Å²) >= 11 is 0. The third-order valence-corrected chi connectivity index (χ3v) is 2.96. The summed E-state index contributed by atoms with van der Waals surface area (Å²) in [4.78, 5) is 0. The number of fused-ring (bicyclic) bond motifs is 1. The minimum atomic E-state index is 0.279. The standard InChI is InChI=1S/C11H11NO2/c13-8-4-5-10-9(6-8)11(14-12-10)7-2-1-3-7/h4-7,13H,1-3H2. The normalized spacial score (nSPS) is 17.1. The lowest BCUT2D eigenvalue weighted by Crippen LogP contribution is -2.07. The molecule has 3 heteroatoms. The zero-order valence-electron chi connectivity index (χ0n) is 7.73. The summed E-state index contributed by atoms with van der Waals surface area (Å²) in [6.07, 6.45) is 3.63. The first-order valence-corrected chi connectivity index (χ1v) is 4.93. The molecule has 3 rings (SSSR count). The van der Waals surface area contributed by atoms with Crippen LogP contribution in [0, 0.1) is 0 Å². The predicted octanol–water partition coefficient (Wildman–Crippen LogP) is 2.80. The topological polar surface area (TPSA) is 46.3 Å². The molecule has 3 nitrogen and oxygen atoms in total. The van der Waals surface area contributed by atoms with E-state index in [-0.39, 0.29) is 5.75 Å². The summed E-state index contributed by atoms with van der Waals surface area (Å²) in [6, 6.07) is 5.16. The molecule has 1 aliphatic rings. The van der Waals surface area contributed by atoms with Crippen molar-refractivity contribution in [1.82, 2.24) is 5.16 Å². The molecule has 0 atom stereocenters. The summed E-state index contributed by atoms with van der Waals surface area (Å²) in [5.74, 6) is 1.74. The Hall–Kier alpha value is -1.51. The van der Waals surface area contributed by atoms with Crippen LogP contribution >= 0.6 is 0 Å². The third kappa shape index (κ3) is 1.02. The van der Waals surface area contributed by atoms with Crippen molar-refractivity contribution in [3.8, 4) is 5.75 Å². The number of nitrogens with zero attached hydrogens (tertiary/aromatic N) is 1. The fourth-order valence-corrected chi connectivity index (χ4v) is 1.91. The highest BCUT2D eigenvalue weighted by atomic mass is 16.5. The average Bonchev–Trinajstić information content (AvgIpc) is 2.46. The van der Waals surface area contributed by atoms with Crippen LogP contribution < -0.4 is 0 Å². The maximum Gasteiger partial charge on any atom is 0.147 e. The maximum absolute atomic E-state index is 9.38. The van der Waals surface area contributed by atoms with Crippen LogP contribution in [0.3, 0.4) is 0 Å². The molecule has 14 heavy (non-hydrogen) atoms. The molecule has 0 saturated heterocycles. The van der Waals surface area contributed by atoms with E-state index in [0.29, 0.717) is 5.92 Å². The summed E-state index contributed by atoms with van der Waals surface area (Å²) in [7, 11) is 0. The summed E-state index contributed by atoms with van der Waals surface area (Å²) in [5.41, 5.74) is 0.838. The van der Waals surface area contributed by atoms with Crippen LogP contribution in [0.4, 0.5) is 0 Å². The van der Waals surface area contributed by atoms with Crippen molar-refractivity contribution < 1.29 is 9.63 Å². The molecule has 1 aromatic carbocycles. The minimum Gasteiger partial charge on any atom is -0.508 e. The van der Waals surface area contributed by atoms with Gasteiger partial charge < -0.3 is 9.63 Å². The molecular weight excluding hydrogens is 178 g/mol. The van der Waals surface area contributed by atoms with Crippen LogP contribution in [0.15, 0.2) is 22.7 Å². The van der Waals surface area contributed by atoms with Crippen molar-refractivity contribution in [3.63, 3.8) is 0 Å². The van der Waals surface area contributed by atoms with Crippen molar-refractivity contribution in [1.29, 1.82) is 0 Å². The van der Waals surface area contributed by atoms with E-state index >= 15 is 0 Å². The average molecular weight is 189 g/mol. The summed E-state index contributed by atoms with van der Waals surface area (Å²) < 4.78 is 5.31. The van der Waals surface area contributed by atoms with Gasteiger partial charge in [0.1, 0.15) is 17.0 Å². The summed E-state index contributed by atoms with van der Waals surface area (Å²) in [5, 5.41) is 14.3.